The molecule has 2 aromatic rings. The first-order chi connectivity index (χ1) is 10.3. The van der Waals surface area contributed by atoms with Crippen LogP contribution in [0, 0.1) is 0 Å². The first kappa shape index (κ1) is 12.3. The lowest BCUT2D eigenvalue weighted by atomic mass is 10.1. The fraction of sp³-hybridized carbons (Fsp3) is 0.235. The van der Waals surface area contributed by atoms with Gasteiger partial charge >= 0.3 is 0 Å². The molecule has 2 aromatic carbocycles. The number of carbonyl (C=O) groups excluding carboxylic acids is 1. The maximum absolute atomic E-state index is 12.8. The Hall–Kier alpha value is -2.49. The molecule has 0 atom stereocenters. The van der Waals surface area contributed by atoms with Crippen molar-refractivity contribution in [3.8, 4) is 5.75 Å². The zero-order chi connectivity index (χ0) is 14.2. The number of nitrogens with one attached hydrogen (secondary N) is 1. The van der Waals surface area contributed by atoms with Gasteiger partial charge in [-0.2, -0.15) is 0 Å². The van der Waals surface area contributed by atoms with Crippen LogP contribution in [0.3, 0.4) is 0 Å². The van der Waals surface area contributed by atoms with E-state index in [-0.39, 0.29) is 5.91 Å². The molecule has 0 aromatic heterocycles. The number of amides is 1. The number of para-hydroxylation sites is 2. The number of anilines is 2. The molecule has 2 aliphatic rings. The lowest BCUT2D eigenvalue weighted by Crippen LogP contribution is -2.37. The third-order valence-corrected chi connectivity index (χ3v) is 4.04. The van der Waals surface area contributed by atoms with Gasteiger partial charge in [-0.1, -0.05) is 18.2 Å². The van der Waals surface area contributed by atoms with E-state index in [1.54, 1.807) is 4.90 Å². The second kappa shape index (κ2) is 4.81. The zero-order valence-electron chi connectivity index (χ0n) is 11.6. The highest BCUT2D eigenvalue weighted by Crippen LogP contribution is 2.32. The zero-order valence-corrected chi connectivity index (χ0v) is 11.6. The van der Waals surface area contributed by atoms with Gasteiger partial charge < -0.3 is 15.0 Å². The summed E-state index contributed by atoms with van der Waals surface area (Å²) in [4.78, 5) is 14.6. The third kappa shape index (κ3) is 2.03. The molecule has 2 aliphatic heterocycles. The van der Waals surface area contributed by atoms with Crippen LogP contribution in [0.4, 0.5) is 11.4 Å². The molecule has 0 bridgehead atoms. The summed E-state index contributed by atoms with van der Waals surface area (Å²) >= 11 is 0. The van der Waals surface area contributed by atoms with Gasteiger partial charge in [0.1, 0.15) is 12.4 Å². The molecule has 0 saturated carbocycles. The predicted molar refractivity (Wildman–Crippen MR) is 82.2 cm³/mol. The minimum atomic E-state index is 0.0299. The number of carbonyl (C=O) groups is 1. The van der Waals surface area contributed by atoms with E-state index in [0.29, 0.717) is 13.2 Å². The number of rotatable bonds is 1. The summed E-state index contributed by atoms with van der Waals surface area (Å²) in [5.41, 5.74) is 3.94. The van der Waals surface area contributed by atoms with Crippen LogP contribution < -0.4 is 15.0 Å². The second-order valence-electron chi connectivity index (χ2n) is 5.32. The quantitative estimate of drug-likeness (QED) is 0.873. The highest BCUT2D eigenvalue weighted by molar-refractivity contribution is 6.07. The highest BCUT2D eigenvalue weighted by Gasteiger charge is 2.25. The van der Waals surface area contributed by atoms with Gasteiger partial charge in [-0.3, -0.25) is 4.79 Å². The van der Waals surface area contributed by atoms with E-state index in [4.69, 9.17) is 4.74 Å². The average Bonchev–Trinajstić information content (AvgIpc) is 3.01. The molecule has 21 heavy (non-hydrogen) atoms. The summed E-state index contributed by atoms with van der Waals surface area (Å²) in [5, 5.41) is 3.32. The smallest absolute Gasteiger partial charge is 0.258 e. The first-order valence-electron chi connectivity index (χ1n) is 7.23. The summed E-state index contributed by atoms with van der Waals surface area (Å²) in [6.07, 6.45) is 1.03. The Morgan fingerprint density at radius 2 is 2.10 bits per heavy atom. The Morgan fingerprint density at radius 3 is 3.05 bits per heavy atom. The van der Waals surface area contributed by atoms with Crippen molar-refractivity contribution in [2.24, 2.45) is 0 Å². The summed E-state index contributed by atoms with van der Waals surface area (Å²) in [6, 6.07) is 13.6. The van der Waals surface area contributed by atoms with Crippen LogP contribution in [0.15, 0.2) is 42.5 Å². The third-order valence-electron chi connectivity index (χ3n) is 4.04. The Morgan fingerprint density at radius 1 is 1.19 bits per heavy atom. The average molecular weight is 280 g/mol. The maximum atomic E-state index is 12.8. The van der Waals surface area contributed by atoms with Crippen molar-refractivity contribution >= 4 is 17.3 Å². The van der Waals surface area contributed by atoms with E-state index in [1.807, 2.05) is 36.4 Å². The molecule has 4 heteroatoms. The molecule has 4 nitrogen and oxygen atoms in total. The predicted octanol–water partition coefficient (Wildman–Crippen LogP) is 2.69. The summed E-state index contributed by atoms with van der Waals surface area (Å²) in [6.45, 7) is 2.07. The number of fused-ring (bicyclic) bond motifs is 2. The standard InChI is InChI=1S/C17H16N2O2/c20-17(13-6-5-12-7-8-18-14(12)11-13)19-9-10-21-16-4-2-1-3-15(16)19/h1-6,11,18H,7-10H2. The van der Waals surface area contributed by atoms with E-state index in [2.05, 4.69) is 11.4 Å². The minimum absolute atomic E-state index is 0.0299. The molecule has 106 valence electrons. The van der Waals surface area contributed by atoms with Gasteiger partial charge in [-0.05, 0) is 36.2 Å². The SMILES string of the molecule is O=C(c1ccc2c(c1)NCC2)N1CCOc2ccccc21. The normalized spacial score (nSPS) is 15.7. The highest BCUT2D eigenvalue weighted by atomic mass is 16.5. The minimum Gasteiger partial charge on any atom is -0.490 e. The van der Waals surface area contributed by atoms with Crippen LogP contribution in [0.1, 0.15) is 15.9 Å². The Kier molecular flexibility index (Phi) is 2.81. The Labute approximate surface area is 123 Å². The number of ether oxygens (including phenoxy) is 1. The molecule has 0 unspecified atom stereocenters. The summed E-state index contributed by atoms with van der Waals surface area (Å²) in [7, 11) is 0. The maximum Gasteiger partial charge on any atom is 0.258 e. The molecule has 0 spiro atoms. The van der Waals surface area contributed by atoms with Crippen LogP contribution >= 0.6 is 0 Å². The van der Waals surface area contributed by atoms with Crippen molar-refractivity contribution in [3.63, 3.8) is 0 Å². The fourth-order valence-corrected chi connectivity index (χ4v) is 2.96. The Bertz CT molecular complexity index is 712. The number of benzene rings is 2. The van der Waals surface area contributed by atoms with Crippen molar-refractivity contribution in [1.82, 2.24) is 0 Å². The summed E-state index contributed by atoms with van der Waals surface area (Å²) in [5.74, 6) is 0.804. The number of hydrogen-bond donors (Lipinski definition) is 1. The van der Waals surface area contributed by atoms with Gasteiger partial charge in [0.25, 0.3) is 5.91 Å². The van der Waals surface area contributed by atoms with E-state index in [1.165, 1.54) is 5.56 Å². The second-order valence-corrected chi connectivity index (χ2v) is 5.32. The van der Waals surface area contributed by atoms with E-state index >= 15 is 0 Å². The van der Waals surface area contributed by atoms with Crippen molar-refractivity contribution in [2.45, 2.75) is 6.42 Å². The largest absolute Gasteiger partial charge is 0.490 e. The topological polar surface area (TPSA) is 41.6 Å². The molecule has 0 radical (unpaired) electrons. The Balaban J connectivity index is 1.70. The van der Waals surface area contributed by atoms with Crippen LogP contribution in [-0.2, 0) is 6.42 Å². The van der Waals surface area contributed by atoms with Gasteiger partial charge in [-0.15, -0.1) is 0 Å². The molecule has 0 aliphatic carbocycles. The molecule has 1 N–H and O–H groups in total. The lowest BCUT2D eigenvalue weighted by molar-refractivity contribution is 0.0976. The van der Waals surface area contributed by atoms with Crippen LogP contribution in [-0.4, -0.2) is 25.6 Å². The van der Waals surface area contributed by atoms with Crippen LogP contribution in [0.25, 0.3) is 0 Å². The van der Waals surface area contributed by atoms with Gasteiger partial charge in [0.2, 0.25) is 0 Å². The van der Waals surface area contributed by atoms with E-state index < -0.39 is 0 Å². The van der Waals surface area contributed by atoms with Gasteiger partial charge in [-0.25, -0.2) is 0 Å². The van der Waals surface area contributed by atoms with Crippen molar-refractivity contribution in [2.75, 3.05) is 29.9 Å². The van der Waals surface area contributed by atoms with Crippen molar-refractivity contribution < 1.29 is 9.53 Å². The molecular formula is C17H16N2O2. The first-order valence-corrected chi connectivity index (χ1v) is 7.23. The van der Waals surface area contributed by atoms with Gasteiger partial charge in [0, 0.05) is 17.8 Å². The molecule has 1 amide bonds. The van der Waals surface area contributed by atoms with Crippen molar-refractivity contribution in [3.05, 3.63) is 53.6 Å². The monoisotopic (exact) mass is 280 g/mol. The van der Waals surface area contributed by atoms with Crippen LogP contribution in [0.2, 0.25) is 0 Å². The number of nitrogens with zero attached hydrogens (tertiary/aromatic N) is 1. The van der Waals surface area contributed by atoms with E-state index in [0.717, 1.165) is 35.7 Å². The van der Waals surface area contributed by atoms with E-state index in [9.17, 15) is 4.79 Å². The van der Waals surface area contributed by atoms with Crippen LogP contribution in [0.5, 0.6) is 5.75 Å². The van der Waals surface area contributed by atoms with Crippen molar-refractivity contribution in [1.29, 1.82) is 0 Å². The lowest BCUT2D eigenvalue weighted by Gasteiger charge is -2.29. The molecular weight excluding hydrogens is 264 g/mol. The summed E-state index contributed by atoms with van der Waals surface area (Å²) < 4.78 is 5.61. The van der Waals surface area contributed by atoms with Gasteiger partial charge in [0.15, 0.2) is 0 Å². The molecule has 2 heterocycles. The molecule has 0 fully saturated rings. The fourth-order valence-electron chi connectivity index (χ4n) is 2.96. The molecule has 4 rings (SSSR count). The van der Waals surface area contributed by atoms with Gasteiger partial charge in [0.05, 0.1) is 12.2 Å². The number of hydrogen-bond acceptors (Lipinski definition) is 3. The molecule has 0 saturated heterocycles.